The summed E-state index contributed by atoms with van der Waals surface area (Å²) in [5, 5.41) is 11.0. The first-order valence-corrected chi connectivity index (χ1v) is 10.9. The highest BCUT2D eigenvalue weighted by atomic mass is 19.4. The molecule has 2 amide bonds. The third-order valence-electron chi connectivity index (χ3n) is 5.75. The maximum absolute atomic E-state index is 13.5. The molecular weight excluding hydrogens is 482 g/mol. The lowest BCUT2D eigenvalue weighted by molar-refractivity contribution is -0.139. The first kappa shape index (κ1) is 25.0. The predicted octanol–water partition coefficient (Wildman–Crippen LogP) is 4.67. The number of nitrogens with zero attached hydrogens (tertiary/aromatic N) is 4. The molecule has 0 aliphatic carbocycles. The van der Waals surface area contributed by atoms with Gasteiger partial charge in [0.1, 0.15) is 17.3 Å². The number of aromatic nitrogens is 2. The van der Waals surface area contributed by atoms with Crippen molar-refractivity contribution in [1.29, 1.82) is 0 Å². The van der Waals surface area contributed by atoms with E-state index in [0.717, 1.165) is 11.6 Å². The van der Waals surface area contributed by atoms with E-state index in [1.807, 2.05) is 17.0 Å². The normalized spacial score (nSPS) is 13.9. The average Bonchev–Trinajstić information content (AvgIpc) is 2.89. The smallest absolute Gasteiger partial charge is 0.419 e. The van der Waals surface area contributed by atoms with Gasteiger partial charge < -0.3 is 24.6 Å². The van der Waals surface area contributed by atoms with Crippen LogP contribution in [-0.2, 0) is 6.18 Å². The molecule has 4 rings (SSSR count). The number of alkyl halides is 3. The van der Waals surface area contributed by atoms with Gasteiger partial charge in [-0.2, -0.15) is 13.2 Å². The van der Waals surface area contributed by atoms with Gasteiger partial charge in [-0.15, -0.1) is 10.2 Å². The molecule has 0 bridgehead atoms. The Morgan fingerprint density at radius 2 is 1.69 bits per heavy atom. The van der Waals surface area contributed by atoms with Gasteiger partial charge in [0.05, 0.1) is 25.5 Å². The van der Waals surface area contributed by atoms with Gasteiger partial charge in [-0.1, -0.05) is 0 Å². The van der Waals surface area contributed by atoms with E-state index in [9.17, 15) is 22.4 Å². The number of ether oxygens (including phenoxy) is 2. The molecule has 1 saturated heterocycles. The summed E-state index contributed by atoms with van der Waals surface area (Å²) in [6.45, 7) is 1.51. The number of carbonyl (C=O) groups is 1. The van der Waals surface area contributed by atoms with E-state index < -0.39 is 23.6 Å². The van der Waals surface area contributed by atoms with Crippen LogP contribution < -0.4 is 19.7 Å². The molecule has 36 heavy (non-hydrogen) atoms. The van der Waals surface area contributed by atoms with E-state index in [0.29, 0.717) is 61.3 Å². The van der Waals surface area contributed by atoms with Crippen molar-refractivity contribution in [3.05, 3.63) is 59.9 Å². The third-order valence-corrected chi connectivity index (χ3v) is 5.75. The maximum Gasteiger partial charge on any atom is 0.419 e. The number of rotatable bonds is 5. The fraction of sp³-hybridized carbons (Fsp3) is 0.292. The molecule has 0 spiro atoms. The highest BCUT2D eigenvalue weighted by molar-refractivity contribution is 5.89. The van der Waals surface area contributed by atoms with Gasteiger partial charge in [0, 0.05) is 37.4 Å². The quantitative estimate of drug-likeness (QED) is 0.508. The highest BCUT2D eigenvalue weighted by Gasteiger charge is 2.34. The number of hydrogen-bond acceptors (Lipinski definition) is 6. The summed E-state index contributed by atoms with van der Waals surface area (Å²) in [6.07, 6.45) is -4.86. The van der Waals surface area contributed by atoms with Gasteiger partial charge in [-0.05, 0) is 48.5 Å². The lowest BCUT2D eigenvalue weighted by Gasteiger charge is -2.35. The molecule has 190 valence electrons. The molecule has 0 radical (unpaired) electrons. The Balaban J connectivity index is 1.38. The van der Waals surface area contributed by atoms with Crippen LogP contribution in [0.1, 0.15) is 5.56 Å². The number of methoxy groups -OCH3 is 2. The largest absolute Gasteiger partial charge is 0.497 e. The van der Waals surface area contributed by atoms with Crippen molar-refractivity contribution in [3.8, 4) is 22.8 Å². The van der Waals surface area contributed by atoms with Gasteiger partial charge in [0.25, 0.3) is 0 Å². The summed E-state index contributed by atoms with van der Waals surface area (Å²) in [4.78, 5) is 16.0. The molecule has 1 aliphatic heterocycles. The molecule has 1 aromatic heterocycles. The lowest BCUT2D eigenvalue weighted by Crippen LogP contribution is -2.50. The zero-order valence-corrected chi connectivity index (χ0v) is 19.5. The minimum Gasteiger partial charge on any atom is -0.497 e. The van der Waals surface area contributed by atoms with Crippen LogP contribution in [0.3, 0.4) is 0 Å². The summed E-state index contributed by atoms with van der Waals surface area (Å²) in [6, 6.07) is 10.8. The Hall–Kier alpha value is -4.09. The molecule has 2 aromatic carbocycles. The lowest BCUT2D eigenvalue weighted by atomic mass is 10.1. The van der Waals surface area contributed by atoms with Crippen molar-refractivity contribution in [2.45, 2.75) is 6.18 Å². The van der Waals surface area contributed by atoms with E-state index in [4.69, 9.17) is 9.47 Å². The molecule has 0 saturated carbocycles. The van der Waals surface area contributed by atoms with Crippen LogP contribution in [0.5, 0.6) is 11.5 Å². The number of hydrogen-bond donors (Lipinski definition) is 1. The molecule has 1 N–H and O–H groups in total. The summed E-state index contributed by atoms with van der Waals surface area (Å²) in [5.74, 6) is 0.502. The number of nitrogens with one attached hydrogen (secondary N) is 1. The Bertz CT molecular complexity index is 1230. The van der Waals surface area contributed by atoms with Gasteiger partial charge in [0.2, 0.25) is 0 Å². The van der Waals surface area contributed by atoms with Crippen LogP contribution >= 0.6 is 0 Å². The summed E-state index contributed by atoms with van der Waals surface area (Å²) in [7, 11) is 3.13. The van der Waals surface area contributed by atoms with Gasteiger partial charge in [-0.25, -0.2) is 9.18 Å². The monoisotopic (exact) mass is 505 g/mol. The Morgan fingerprint density at radius 1 is 0.944 bits per heavy atom. The average molecular weight is 505 g/mol. The third kappa shape index (κ3) is 5.42. The standard InChI is InChI=1S/C24H23F4N5O3/c1-35-16-4-7-21(36-2)17(14-16)20-6-8-22(31-30-20)32-9-11-33(12-10-32)23(34)29-15-3-5-19(25)18(13-15)24(26,27)28/h3-8,13-14H,9-12H2,1-2H3,(H,29,34). The van der Waals surface area contributed by atoms with Crippen molar-refractivity contribution in [2.24, 2.45) is 0 Å². The Labute approximate surface area is 204 Å². The predicted molar refractivity (Wildman–Crippen MR) is 125 cm³/mol. The van der Waals surface area contributed by atoms with Crippen molar-refractivity contribution in [3.63, 3.8) is 0 Å². The summed E-state index contributed by atoms with van der Waals surface area (Å²) in [5.41, 5.74) is -0.235. The first-order valence-electron chi connectivity index (χ1n) is 10.9. The topological polar surface area (TPSA) is 79.8 Å². The SMILES string of the molecule is COc1ccc(OC)c(-c2ccc(N3CCN(C(=O)Nc4ccc(F)c(C(F)(F)F)c4)CC3)nn2)c1. The first-order chi connectivity index (χ1) is 17.2. The summed E-state index contributed by atoms with van der Waals surface area (Å²) < 4.78 is 62.9. The van der Waals surface area contributed by atoms with Crippen molar-refractivity contribution in [2.75, 3.05) is 50.6 Å². The summed E-state index contributed by atoms with van der Waals surface area (Å²) >= 11 is 0. The molecule has 12 heteroatoms. The van der Waals surface area contributed by atoms with Crippen LogP contribution in [-0.4, -0.2) is 61.5 Å². The molecule has 8 nitrogen and oxygen atoms in total. The van der Waals surface area contributed by atoms with Gasteiger partial charge in [-0.3, -0.25) is 0 Å². The van der Waals surface area contributed by atoms with E-state index in [1.165, 1.54) is 4.90 Å². The number of benzene rings is 2. The number of piperazine rings is 1. The number of urea groups is 1. The minimum absolute atomic E-state index is 0.134. The number of halogens is 4. The maximum atomic E-state index is 13.5. The molecule has 3 aromatic rings. The second-order valence-electron chi connectivity index (χ2n) is 7.94. The van der Waals surface area contributed by atoms with E-state index >= 15 is 0 Å². The minimum atomic E-state index is -4.86. The molecular formula is C24H23F4N5O3. The Kier molecular flexibility index (Phi) is 7.13. The zero-order valence-electron chi connectivity index (χ0n) is 19.5. The fourth-order valence-corrected chi connectivity index (χ4v) is 3.81. The number of carbonyl (C=O) groups excluding carboxylic acids is 1. The van der Waals surface area contributed by atoms with Gasteiger partial charge in [0.15, 0.2) is 5.82 Å². The Morgan fingerprint density at radius 3 is 2.31 bits per heavy atom. The van der Waals surface area contributed by atoms with Crippen LogP contribution in [0.4, 0.5) is 33.9 Å². The second-order valence-corrected chi connectivity index (χ2v) is 7.94. The fourth-order valence-electron chi connectivity index (χ4n) is 3.81. The van der Waals surface area contributed by atoms with Crippen molar-refractivity contribution in [1.82, 2.24) is 15.1 Å². The molecule has 1 aliphatic rings. The van der Waals surface area contributed by atoms with Crippen LogP contribution in [0.2, 0.25) is 0 Å². The van der Waals surface area contributed by atoms with Crippen LogP contribution in [0.15, 0.2) is 48.5 Å². The zero-order chi connectivity index (χ0) is 25.9. The number of amides is 2. The molecule has 2 heterocycles. The van der Waals surface area contributed by atoms with Crippen LogP contribution in [0, 0.1) is 5.82 Å². The second kappa shape index (κ2) is 10.3. The van der Waals surface area contributed by atoms with Crippen LogP contribution in [0.25, 0.3) is 11.3 Å². The molecule has 0 unspecified atom stereocenters. The van der Waals surface area contributed by atoms with Crippen molar-refractivity contribution >= 4 is 17.5 Å². The van der Waals surface area contributed by atoms with Gasteiger partial charge >= 0.3 is 12.2 Å². The van der Waals surface area contributed by atoms with E-state index in [-0.39, 0.29) is 5.69 Å². The molecule has 1 fully saturated rings. The van der Waals surface area contributed by atoms with E-state index in [2.05, 4.69) is 15.5 Å². The number of anilines is 2. The molecule has 0 atom stereocenters. The van der Waals surface area contributed by atoms with E-state index in [1.54, 1.807) is 32.4 Å². The van der Waals surface area contributed by atoms with Crippen molar-refractivity contribution < 1.29 is 31.8 Å². The highest BCUT2D eigenvalue weighted by Crippen LogP contribution is 2.34.